The van der Waals surface area contributed by atoms with Crippen molar-refractivity contribution in [3.05, 3.63) is 24.3 Å². The predicted octanol–water partition coefficient (Wildman–Crippen LogP) is 4.79. The first-order chi connectivity index (χ1) is 6.46. The van der Waals surface area contributed by atoms with Crippen LogP contribution in [-0.2, 0) is 20.8 Å². The van der Waals surface area contributed by atoms with Crippen LogP contribution in [0.4, 0.5) is 0 Å². The molecule has 0 aromatic rings. The van der Waals surface area contributed by atoms with Crippen molar-refractivity contribution in [1.29, 1.82) is 0 Å². The van der Waals surface area contributed by atoms with Crippen molar-refractivity contribution in [2.24, 2.45) is 17.3 Å². The minimum absolute atomic E-state index is 0.406. The molecule has 1 aliphatic rings. The van der Waals surface area contributed by atoms with Gasteiger partial charge >= 0.3 is 37.9 Å². The molecule has 0 fully saturated rings. The Hall–Kier alpha value is 0.943. The zero-order valence-electron chi connectivity index (χ0n) is 9.22. The number of allylic oxidation sites excluding steroid dienone is 4. The van der Waals surface area contributed by atoms with Crippen LogP contribution in [0.5, 0.6) is 0 Å². The first-order valence-electron chi connectivity index (χ1n) is 4.78. The molecule has 0 atom stereocenters. The molecule has 0 aromatic heterocycles. The summed E-state index contributed by atoms with van der Waals surface area (Å²) in [5.41, 5.74) is 0.406. The molecule has 0 nitrogen and oxygen atoms in total. The molecule has 0 aromatic carbocycles. The predicted molar refractivity (Wildman–Crippen MR) is 62.1 cm³/mol. The van der Waals surface area contributed by atoms with Gasteiger partial charge in [-0.05, 0) is 11.3 Å². The maximum atomic E-state index is 4.93. The van der Waals surface area contributed by atoms with Crippen molar-refractivity contribution >= 4 is 17.0 Å². The molecule has 0 amide bonds. The minimum atomic E-state index is -0.826. The van der Waals surface area contributed by atoms with E-state index in [4.69, 9.17) is 17.0 Å². The van der Waals surface area contributed by atoms with Gasteiger partial charge in [-0.25, -0.2) is 0 Å². The van der Waals surface area contributed by atoms with Gasteiger partial charge < -0.3 is 0 Å². The van der Waals surface area contributed by atoms with E-state index < -0.39 is 20.8 Å². The summed E-state index contributed by atoms with van der Waals surface area (Å²) in [6.45, 7) is 9.25. The molecule has 0 radical (unpaired) electrons. The van der Waals surface area contributed by atoms with Crippen LogP contribution in [0.1, 0.15) is 27.7 Å². The van der Waals surface area contributed by atoms with Gasteiger partial charge in [0.05, 0.1) is 0 Å². The summed E-state index contributed by atoms with van der Waals surface area (Å²) in [7, 11) is 9.87. The Labute approximate surface area is 106 Å². The van der Waals surface area contributed by atoms with Gasteiger partial charge in [-0.15, -0.1) is 0 Å². The Morgan fingerprint density at radius 2 is 1.50 bits per heavy atom. The fraction of sp³-hybridized carbons (Fsp3) is 0.636. The van der Waals surface area contributed by atoms with E-state index in [1.54, 1.807) is 0 Å². The number of hydrogen-bond donors (Lipinski definition) is 0. The van der Waals surface area contributed by atoms with Crippen LogP contribution < -0.4 is 0 Å². The Morgan fingerprint density at radius 3 is 1.79 bits per heavy atom. The van der Waals surface area contributed by atoms with Crippen LogP contribution in [0.25, 0.3) is 0 Å². The monoisotopic (exact) mass is 310 g/mol. The van der Waals surface area contributed by atoms with Gasteiger partial charge in [-0.3, -0.25) is 0 Å². The molecule has 0 bridgehead atoms. The van der Waals surface area contributed by atoms with Crippen LogP contribution in [0.3, 0.4) is 0 Å². The average molecular weight is 312 g/mol. The fourth-order valence-electron chi connectivity index (χ4n) is 1.31. The first kappa shape index (κ1) is 14.9. The van der Waals surface area contributed by atoms with Crippen molar-refractivity contribution in [3.8, 4) is 0 Å². The van der Waals surface area contributed by atoms with Crippen LogP contribution in [-0.4, -0.2) is 0 Å². The molecule has 0 saturated heterocycles. The SMILES string of the molecule is CC(C)C(C)(C)C1C=CC=C1.[Cl][Zr][Cl]. The van der Waals surface area contributed by atoms with E-state index in [-0.39, 0.29) is 0 Å². The summed E-state index contributed by atoms with van der Waals surface area (Å²) >= 11 is -0.826. The van der Waals surface area contributed by atoms with E-state index >= 15 is 0 Å². The molecular weight excluding hydrogens is 294 g/mol. The van der Waals surface area contributed by atoms with E-state index in [1.807, 2.05) is 0 Å². The fourth-order valence-corrected chi connectivity index (χ4v) is 1.31. The summed E-state index contributed by atoms with van der Waals surface area (Å²) < 4.78 is 0. The summed E-state index contributed by atoms with van der Waals surface area (Å²) in [6.07, 6.45) is 8.88. The van der Waals surface area contributed by atoms with Gasteiger partial charge in [-0.1, -0.05) is 52.0 Å². The summed E-state index contributed by atoms with van der Waals surface area (Å²) in [5.74, 6) is 1.38. The molecule has 0 saturated carbocycles. The van der Waals surface area contributed by atoms with Gasteiger partial charge in [0, 0.05) is 5.92 Å². The molecule has 14 heavy (non-hydrogen) atoms. The van der Waals surface area contributed by atoms with E-state index in [0.29, 0.717) is 11.3 Å². The van der Waals surface area contributed by atoms with E-state index in [9.17, 15) is 0 Å². The molecule has 3 heteroatoms. The maximum absolute atomic E-state index is 4.93. The molecule has 0 aliphatic heterocycles. The van der Waals surface area contributed by atoms with Crippen molar-refractivity contribution < 1.29 is 20.8 Å². The molecule has 0 N–H and O–H groups in total. The van der Waals surface area contributed by atoms with Crippen LogP contribution >= 0.6 is 17.0 Å². The van der Waals surface area contributed by atoms with Crippen molar-refractivity contribution in [1.82, 2.24) is 0 Å². The second-order valence-electron chi connectivity index (χ2n) is 4.34. The molecule has 0 heterocycles. The van der Waals surface area contributed by atoms with Crippen LogP contribution in [0, 0.1) is 17.3 Å². The summed E-state index contributed by atoms with van der Waals surface area (Å²) in [6, 6.07) is 0. The second kappa shape index (κ2) is 7.26. The van der Waals surface area contributed by atoms with Crippen LogP contribution in [0.2, 0.25) is 0 Å². The molecular formula is C11H18Cl2Zr. The Kier molecular flexibility index (Phi) is 7.74. The Morgan fingerprint density at radius 1 is 1.14 bits per heavy atom. The van der Waals surface area contributed by atoms with Gasteiger partial charge in [0.25, 0.3) is 0 Å². The third-order valence-electron chi connectivity index (χ3n) is 3.10. The van der Waals surface area contributed by atoms with Gasteiger partial charge in [0.15, 0.2) is 0 Å². The zero-order valence-corrected chi connectivity index (χ0v) is 13.2. The van der Waals surface area contributed by atoms with Gasteiger partial charge in [0.2, 0.25) is 0 Å². The normalized spacial score (nSPS) is 15.6. The topological polar surface area (TPSA) is 0 Å². The molecule has 80 valence electrons. The molecule has 0 spiro atoms. The summed E-state index contributed by atoms with van der Waals surface area (Å²) in [5, 5.41) is 0. The van der Waals surface area contributed by atoms with E-state index in [0.717, 1.165) is 5.92 Å². The quantitative estimate of drug-likeness (QED) is 0.688. The zero-order chi connectivity index (χ0) is 11.2. The second-order valence-corrected chi connectivity index (χ2v) is 8.07. The molecule has 1 rings (SSSR count). The van der Waals surface area contributed by atoms with E-state index in [2.05, 4.69) is 52.0 Å². The van der Waals surface area contributed by atoms with E-state index in [1.165, 1.54) is 0 Å². The third kappa shape index (κ3) is 4.64. The van der Waals surface area contributed by atoms with Crippen molar-refractivity contribution in [2.75, 3.05) is 0 Å². The Balaban J connectivity index is 0.000000500. The standard InChI is InChI=1S/C11H18.2ClH.Zr/c1-9(2)11(3,4)10-7-5-6-8-10;;;/h5-10H,1-4H3;2*1H;/q;;;+2/p-2. The number of hydrogen-bond acceptors (Lipinski definition) is 0. The molecule has 1 aliphatic carbocycles. The molecule has 0 unspecified atom stereocenters. The number of halogens is 2. The van der Waals surface area contributed by atoms with Crippen LogP contribution in [0.15, 0.2) is 24.3 Å². The van der Waals surface area contributed by atoms with Crippen molar-refractivity contribution in [2.45, 2.75) is 27.7 Å². The Bertz CT molecular complexity index is 195. The summed E-state index contributed by atoms with van der Waals surface area (Å²) in [4.78, 5) is 0. The van der Waals surface area contributed by atoms with Crippen molar-refractivity contribution in [3.63, 3.8) is 0 Å². The number of rotatable bonds is 2. The first-order valence-corrected chi connectivity index (χ1v) is 11.1. The average Bonchev–Trinajstić information content (AvgIpc) is 2.57. The third-order valence-corrected chi connectivity index (χ3v) is 3.10. The van der Waals surface area contributed by atoms with Gasteiger partial charge in [-0.2, -0.15) is 0 Å². The van der Waals surface area contributed by atoms with Gasteiger partial charge in [0.1, 0.15) is 0 Å².